The Bertz CT molecular complexity index is 666. The SMILES string of the molecule is CN=C(NCc1nccn1CC(C)C)NC(C)c1ccc(Cl)cc1.I. The van der Waals surface area contributed by atoms with Gasteiger partial charge >= 0.3 is 0 Å². The van der Waals surface area contributed by atoms with Crippen molar-refractivity contribution in [3.8, 4) is 0 Å². The summed E-state index contributed by atoms with van der Waals surface area (Å²) in [7, 11) is 1.77. The van der Waals surface area contributed by atoms with Crippen LogP contribution in [0.3, 0.4) is 0 Å². The monoisotopic (exact) mass is 475 g/mol. The molecule has 2 N–H and O–H groups in total. The summed E-state index contributed by atoms with van der Waals surface area (Å²) in [6.45, 7) is 8.09. The lowest BCUT2D eigenvalue weighted by molar-refractivity contribution is 0.503. The average Bonchev–Trinajstić information content (AvgIpc) is 2.98. The van der Waals surface area contributed by atoms with E-state index in [-0.39, 0.29) is 30.0 Å². The number of guanidine groups is 1. The molecule has 7 heteroatoms. The normalized spacial score (nSPS) is 12.6. The molecule has 0 saturated carbocycles. The maximum Gasteiger partial charge on any atom is 0.191 e. The Morgan fingerprint density at radius 3 is 2.52 bits per heavy atom. The first kappa shape index (κ1) is 21.8. The van der Waals surface area contributed by atoms with Crippen LogP contribution < -0.4 is 10.6 Å². The zero-order valence-corrected chi connectivity index (χ0v) is 18.2. The van der Waals surface area contributed by atoms with Crippen LogP contribution in [-0.4, -0.2) is 22.6 Å². The van der Waals surface area contributed by atoms with E-state index in [1.807, 2.05) is 36.7 Å². The van der Waals surface area contributed by atoms with Gasteiger partial charge in [0.2, 0.25) is 0 Å². The predicted octanol–water partition coefficient (Wildman–Crippen LogP) is 4.24. The minimum atomic E-state index is 0. The van der Waals surface area contributed by atoms with Crippen molar-refractivity contribution in [1.82, 2.24) is 20.2 Å². The number of rotatable bonds is 6. The van der Waals surface area contributed by atoms with Gasteiger partial charge in [-0.05, 0) is 30.5 Å². The van der Waals surface area contributed by atoms with Gasteiger partial charge in [-0.3, -0.25) is 4.99 Å². The second-order valence-electron chi connectivity index (χ2n) is 6.23. The highest BCUT2D eigenvalue weighted by molar-refractivity contribution is 14.0. The van der Waals surface area contributed by atoms with Crippen LogP contribution in [0.4, 0.5) is 0 Å². The first-order chi connectivity index (χ1) is 11.5. The molecule has 0 aliphatic heterocycles. The van der Waals surface area contributed by atoms with Crippen molar-refractivity contribution in [3.05, 3.63) is 53.1 Å². The molecule has 5 nitrogen and oxygen atoms in total. The number of benzene rings is 1. The fraction of sp³-hybridized carbons (Fsp3) is 0.444. The molecule has 0 radical (unpaired) electrons. The third-order valence-electron chi connectivity index (χ3n) is 3.72. The molecular weight excluding hydrogens is 449 g/mol. The fourth-order valence-electron chi connectivity index (χ4n) is 2.46. The van der Waals surface area contributed by atoms with Crippen molar-refractivity contribution in [1.29, 1.82) is 0 Å². The number of nitrogens with one attached hydrogen (secondary N) is 2. The van der Waals surface area contributed by atoms with Gasteiger partial charge in [-0.15, -0.1) is 24.0 Å². The Morgan fingerprint density at radius 1 is 1.24 bits per heavy atom. The summed E-state index contributed by atoms with van der Waals surface area (Å²) in [5.74, 6) is 2.34. The van der Waals surface area contributed by atoms with Gasteiger partial charge < -0.3 is 15.2 Å². The molecule has 2 rings (SSSR count). The van der Waals surface area contributed by atoms with E-state index in [0.29, 0.717) is 12.5 Å². The fourth-order valence-corrected chi connectivity index (χ4v) is 2.59. The van der Waals surface area contributed by atoms with Crippen molar-refractivity contribution >= 4 is 41.5 Å². The Labute approximate surface area is 172 Å². The van der Waals surface area contributed by atoms with Crippen LogP contribution in [0, 0.1) is 5.92 Å². The summed E-state index contributed by atoms with van der Waals surface area (Å²) >= 11 is 5.94. The quantitative estimate of drug-likeness (QED) is 0.373. The van der Waals surface area contributed by atoms with Crippen LogP contribution in [0.2, 0.25) is 5.02 Å². The summed E-state index contributed by atoms with van der Waals surface area (Å²) in [4.78, 5) is 8.72. The summed E-state index contributed by atoms with van der Waals surface area (Å²) in [5, 5.41) is 7.45. The predicted molar refractivity (Wildman–Crippen MR) is 116 cm³/mol. The molecule has 0 aliphatic rings. The summed E-state index contributed by atoms with van der Waals surface area (Å²) in [5.41, 5.74) is 1.16. The summed E-state index contributed by atoms with van der Waals surface area (Å²) < 4.78 is 2.17. The van der Waals surface area contributed by atoms with Crippen LogP contribution in [0.5, 0.6) is 0 Å². The second kappa shape index (κ2) is 10.7. The third-order valence-corrected chi connectivity index (χ3v) is 3.98. The Kier molecular flexibility index (Phi) is 9.27. The Morgan fingerprint density at radius 2 is 1.92 bits per heavy atom. The van der Waals surface area contributed by atoms with Gasteiger partial charge in [0.15, 0.2) is 5.96 Å². The van der Waals surface area contributed by atoms with Gasteiger partial charge in [0.25, 0.3) is 0 Å². The van der Waals surface area contributed by atoms with Gasteiger partial charge in [0.05, 0.1) is 12.6 Å². The molecule has 1 aromatic heterocycles. The van der Waals surface area contributed by atoms with Gasteiger partial charge in [-0.1, -0.05) is 37.6 Å². The smallest absolute Gasteiger partial charge is 0.191 e. The highest BCUT2D eigenvalue weighted by Gasteiger charge is 2.09. The van der Waals surface area contributed by atoms with E-state index in [2.05, 4.69) is 45.9 Å². The van der Waals surface area contributed by atoms with E-state index in [0.717, 1.165) is 28.9 Å². The van der Waals surface area contributed by atoms with E-state index in [1.54, 1.807) is 7.05 Å². The number of aromatic nitrogens is 2. The molecule has 25 heavy (non-hydrogen) atoms. The number of aliphatic imine (C=N–C) groups is 1. The molecule has 0 bridgehead atoms. The highest BCUT2D eigenvalue weighted by atomic mass is 127. The molecule has 0 fully saturated rings. The van der Waals surface area contributed by atoms with Gasteiger partial charge in [0.1, 0.15) is 5.82 Å². The first-order valence-electron chi connectivity index (χ1n) is 8.22. The largest absolute Gasteiger partial charge is 0.350 e. The van der Waals surface area contributed by atoms with E-state index in [1.165, 1.54) is 0 Å². The molecule has 138 valence electrons. The average molecular weight is 476 g/mol. The zero-order chi connectivity index (χ0) is 17.5. The first-order valence-corrected chi connectivity index (χ1v) is 8.60. The molecular formula is C18H27ClIN5. The molecule has 1 aromatic carbocycles. The van der Waals surface area contributed by atoms with Crippen molar-refractivity contribution in [2.45, 2.75) is 39.9 Å². The lowest BCUT2D eigenvalue weighted by Gasteiger charge is -2.19. The van der Waals surface area contributed by atoms with E-state index in [4.69, 9.17) is 11.6 Å². The maximum absolute atomic E-state index is 5.94. The second-order valence-corrected chi connectivity index (χ2v) is 6.67. The van der Waals surface area contributed by atoms with E-state index < -0.39 is 0 Å². The van der Waals surface area contributed by atoms with Crippen LogP contribution in [0.15, 0.2) is 41.7 Å². The van der Waals surface area contributed by atoms with Gasteiger partial charge in [0, 0.05) is 31.0 Å². The number of imidazole rings is 1. The third kappa shape index (κ3) is 6.86. The minimum absolute atomic E-state index is 0. The molecule has 1 heterocycles. The van der Waals surface area contributed by atoms with Crippen LogP contribution in [-0.2, 0) is 13.1 Å². The number of hydrogen-bond donors (Lipinski definition) is 2. The lowest BCUT2D eigenvalue weighted by atomic mass is 10.1. The van der Waals surface area contributed by atoms with Crippen molar-refractivity contribution in [2.75, 3.05) is 7.05 Å². The maximum atomic E-state index is 5.94. The minimum Gasteiger partial charge on any atom is -0.350 e. The number of nitrogens with zero attached hydrogens (tertiary/aromatic N) is 3. The summed E-state index contributed by atoms with van der Waals surface area (Å²) in [6, 6.07) is 7.96. The zero-order valence-electron chi connectivity index (χ0n) is 15.2. The van der Waals surface area contributed by atoms with Crippen LogP contribution in [0.1, 0.15) is 38.2 Å². The Hall–Kier alpha value is -1.28. The van der Waals surface area contributed by atoms with Crippen LogP contribution >= 0.6 is 35.6 Å². The van der Waals surface area contributed by atoms with Crippen LogP contribution in [0.25, 0.3) is 0 Å². The molecule has 0 amide bonds. The van der Waals surface area contributed by atoms with Crippen molar-refractivity contribution < 1.29 is 0 Å². The standard InChI is InChI=1S/C18H26ClN5.HI/c1-13(2)12-24-10-9-21-17(24)11-22-18(20-4)23-14(3)15-5-7-16(19)8-6-15;/h5-10,13-14H,11-12H2,1-4H3,(H2,20,22,23);1H. The lowest BCUT2D eigenvalue weighted by Crippen LogP contribution is -2.38. The molecule has 0 spiro atoms. The molecule has 0 aliphatic carbocycles. The Balaban J connectivity index is 0.00000312. The topological polar surface area (TPSA) is 54.2 Å². The molecule has 1 atom stereocenters. The number of hydrogen-bond acceptors (Lipinski definition) is 2. The highest BCUT2D eigenvalue weighted by Crippen LogP contribution is 2.15. The summed E-state index contributed by atoms with van der Waals surface area (Å²) in [6.07, 6.45) is 3.86. The van der Waals surface area contributed by atoms with Crippen molar-refractivity contribution in [3.63, 3.8) is 0 Å². The van der Waals surface area contributed by atoms with Gasteiger partial charge in [-0.25, -0.2) is 4.98 Å². The molecule has 0 saturated heterocycles. The van der Waals surface area contributed by atoms with Gasteiger partial charge in [-0.2, -0.15) is 0 Å². The van der Waals surface area contributed by atoms with E-state index in [9.17, 15) is 0 Å². The molecule has 1 unspecified atom stereocenters. The van der Waals surface area contributed by atoms with Crippen molar-refractivity contribution in [2.24, 2.45) is 10.9 Å². The van der Waals surface area contributed by atoms with E-state index >= 15 is 0 Å². The molecule has 2 aromatic rings. The number of halogens is 2.